The maximum absolute atomic E-state index is 4.40. The Morgan fingerprint density at radius 2 is 1.19 bits per heavy atom. The van der Waals surface area contributed by atoms with Crippen molar-refractivity contribution < 1.29 is 0 Å². The second-order valence-electron chi connectivity index (χ2n) is 5.95. The van der Waals surface area contributed by atoms with Crippen LogP contribution in [-0.4, -0.2) is 29.3 Å². The molecular weight excluding hydrogens is 356 g/mol. The first-order chi connectivity index (χ1) is 13.4. The van der Waals surface area contributed by atoms with Crippen LogP contribution in [0.1, 0.15) is 0 Å². The highest BCUT2D eigenvalue weighted by atomic mass is 32.1. The van der Waals surface area contributed by atoms with Gasteiger partial charge < -0.3 is 9.13 Å². The lowest BCUT2D eigenvalue weighted by atomic mass is 10.2. The minimum absolute atomic E-state index is 0.889. The summed E-state index contributed by atoms with van der Waals surface area (Å²) in [4.78, 5) is 8.21. The fourth-order valence-corrected chi connectivity index (χ4v) is 3.72. The average molecular weight is 370 g/mol. The highest BCUT2D eigenvalue weighted by Gasteiger charge is 2.10. The summed E-state index contributed by atoms with van der Waals surface area (Å²) < 4.78 is 3.94. The molecule has 5 aromatic rings. The van der Waals surface area contributed by atoms with Gasteiger partial charge in [-0.1, -0.05) is 35.6 Å². The van der Waals surface area contributed by atoms with Crippen LogP contribution in [0, 0.1) is 0 Å². The highest BCUT2D eigenvalue weighted by molar-refractivity contribution is 7.17. The molecule has 0 fully saturated rings. The van der Waals surface area contributed by atoms with Gasteiger partial charge in [-0.05, 0) is 24.3 Å². The number of hydrogen-bond donors (Lipinski definition) is 0. The third kappa shape index (κ3) is 3.04. The van der Waals surface area contributed by atoms with E-state index in [0.717, 1.165) is 32.5 Å². The molecule has 5 rings (SSSR count). The molecule has 0 aliphatic carbocycles. The van der Waals surface area contributed by atoms with Gasteiger partial charge in [0.1, 0.15) is 10.0 Å². The first-order valence-electron chi connectivity index (χ1n) is 8.38. The van der Waals surface area contributed by atoms with Gasteiger partial charge in [0.05, 0.1) is 12.7 Å². The molecule has 3 aromatic heterocycles. The molecule has 0 unspecified atom stereocenters. The molecule has 6 nitrogen and oxygen atoms in total. The zero-order valence-electron chi connectivity index (χ0n) is 14.2. The molecule has 7 heteroatoms. The van der Waals surface area contributed by atoms with Crippen LogP contribution in [0.4, 0.5) is 0 Å². The molecule has 0 amide bonds. The van der Waals surface area contributed by atoms with Crippen molar-refractivity contribution in [2.45, 2.75) is 0 Å². The van der Waals surface area contributed by atoms with Crippen LogP contribution in [-0.2, 0) is 0 Å². The van der Waals surface area contributed by atoms with Crippen molar-refractivity contribution in [3.63, 3.8) is 0 Å². The van der Waals surface area contributed by atoms with Gasteiger partial charge in [-0.25, -0.2) is 9.97 Å². The van der Waals surface area contributed by atoms with E-state index in [1.54, 1.807) is 36.4 Å². The van der Waals surface area contributed by atoms with Crippen LogP contribution < -0.4 is 0 Å². The molecule has 0 aliphatic heterocycles. The summed E-state index contributed by atoms with van der Waals surface area (Å²) in [7, 11) is 0. The number of imidazole rings is 2. The van der Waals surface area contributed by atoms with E-state index in [0.29, 0.717) is 0 Å². The first kappa shape index (κ1) is 15.7. The Kier molecular flexibility index (Phi) is 3.84. The topological polar surface area (TPSA) is 61.4 Å². The van der Waals surface area contributed by atoms with Gasteiger partial charge >= 0.3 is 0 Å². The van der Waals surface area contributed by atoms with E-state index in [1.165, 1.54) is 0 Å². The van der Waals surface area contributed by atoms with Gasteiger partial charge in [-0.15, -0.1) is 10.2 Å². The van der Waals surface area contributed by atoms with Gasteiger partial charge in [0.2, 0.25) is 0 Å². The Balaban J connectivity index is 1.49. The van der Waals surface area contributed by atoms with Gasteiger partial charge in [-0.2, -0.15) is 0 Å². The minimum Gasteiger partial charge on any atom is -0.306 e. The Bertz CT molecular complexity index is 1080. The standard InChI is InChI=1S/C20H14N6S/c1-3-15(11-17(5-1)25-9-7-21-13-25)19-23-24-20(27-19)16-4-2-6-18(12-16)26-10-8-22-14-26/h1-14H. The number of rotatable bonds is 4. The summed E-state index contributed by atoms with van der Waals surface area (Å²) in [5, 5.41) is 10.6. The van der Waals surface area contributed by atoms with Crippen LogP contribution in [0.5, 0.6) is 0 Å². The van der Waals surface area contributed by atoms with E-state index in [2.05, 4.69) is 32.3 Å². The molecule has 0 radical (unpaired) electrons. The van der Waals surface area contributed by atoms with Crippen molar-refractivity contribution in [3.8, 4) is 32.5 Å². The van der Waals surface area contributed by atoms with Gasteiger partial charge in [0.15, 0.2) is 0 Å². The van der Waals surface area contributed by atoms with Gasteiger partial charge in [0.25, 0.3) is 0 Å². The van der Waals surface area contributed by atoms with Crippen molar-refractivity contribution in [3.05, 3.63) is 86.0 Å². The largest absolute Gasteiger partial charge is 0.306 e. The smallest absolute Gasteiger partial charge is 0.148 e. The SMILES string of the molecule is c1cc(-c2nnc(-c3cccc(-n4ccnc4)c3)s2)cc(-n2ccnc2)c1. The van der Waals surface area contributed by atoms with Crippen molar-refractivity contribution in [1.29, 1.82) is 0 Å². The fraction of sp³-hybridized carbons (Fsp3) is 0. The van der Waals surface area contributed by atoms with Crippen molar-refractivity contribution >= 4 is 11.3 Å². The molecule has 3 heterocycles. The Hall–Kier alpha value is -3.58. The highest BCUT2D eigenvalue weighted by Crippen LogP contribution is 2.31. The van der Waals surface area contributed by atoms with Crippen molar-refractivity contribution in [2.75, 3.05) is 0 Å². The molecular formula is C20H14N6S. The molecule has 0 spiro atoms. The second kappa shape index (κ2) is 6.62. The molecule has 27 heavy (non-hydrogen) atoms. The Labute approximate surface area is 159 Å². The van der Waals surface area contributed by atoms with E-state index in [4.69, 9.17) is 0 Å². The molecule has 0 saturated carbocycles. The summed E-state index contributed by atoms with van der Waals surface area (Å²) in [5.74, 6) is 0. The Morgan fingerprint density at radius 1 is 0.667 bits per heavy atom. The molecule has 0 saturated heterocycles. The van der Waals surface area contributed by atoms with Crippen molar-refractivity contribution in [2.24, 2.45) is 0 Å². The fourth-order valence-electron chi connectivity index (χ4n) is 2.88. The lowest BCUT2D eigenvalue weighted by Crippen LogP contribution is -1.90. The third-order valence-electron chi connectivity index (χ3n) is 4.22. The zero-order chi connectivity index (χ0) is 18.1. The van der Waals surface area contributed by atoms with Crippen LogP contribution >= 0.6 is 11.3 Å². The monoisotopic (exact) mass is 370 g/mol. The van der Waals surface area contributed by atoms with Gasteiger partial charge in [-0.3, -0.25) is 0 Å². The van der Waals surface area contributed by atoms with E-state index in [9.17, 15) is 0 Å². The Morgan fingerprint density at radius 3 is 1.63 bits per heavy atom. The predicted octanol–water partition coefficient (Wildman–Crippen LogP) is 4.24. The number of hydrogen-bond acceptors (Lipinski definition) is 5. The second-order valence-corrected chi connectivity index (χ2v) is 6.93. The molecule has 2 aromatic carbocycles. The predicted molar refractivity (Wildman–Crippen MR) is 105 cm³/mol. The lowest BCUT2D eigenvalue weighted by molar-refractivity contribution is 1.05. The average Bonchev–Trinajstić information content (AvgIpc) is 3.51. The molecule has 0 bridgehead atoms. The summed E-state index contributed by atoms with van der Waals surface area (Å²) >= 11 is 1.58. The van der Waals surface area contributed by atoms with Crippen LogP contribution in [0.25, 0.3) is 32.5 Å². The number of aromatic nitrogens is 6. The van der Waals surface area contributed by atoms with Crippen LogP contribution in [0.2, 0.25) is 0 Å². The van der Waals surface area contributed by atoms with Crippen LogP contribution in [0.15, 0.2) is 86.0 Å². The quantitative estimate of drug-likeness (QED) is 0.475. The lowest BCUT2D eigenvalue weighted by Gasteiger charge is -2.04. The number of nitrogens with zero attached hydrogens (tertiary/aromatic N) is 6. The third-order valence-corrected chi connectivity index (χ3v) is 5.24. The van der Waals surface area contributed by atoms with Crippen LogP contribution in [0.3, 0.4) is 0 Å². The first-order valence-corrected chi connectivity index (χ1v) is 9.19. The van der Waals surface area contributed by atoms with E-state index < -0.39 is 0 Å². The normalized spacial score (nSPS) is 11.0. The zero-order valence-corrected chi connectivity index (χ0v) is 15.0. The van der Waals surface area contributed by atoms with E-state index in [1.807, 2.05) is 57.9 Å². The summed E-state index contributed by atoms with van der Waals surface area (Å²) in [6.45, 7) is 0. The van der Waals surface area contributed by atoms with E-state index in [-0.39, 0.29) is 0 Å². The summed E-state index contributed by atoms with van der Waals surface area (Å²) in [5.41, 5.74) is 4.17. The van der Waals surface area contributed by atoms with E-state index >= 15 is 0 Å². The maximum Gasteiger partial charge on any atom is 0.148 e. The molecule has 0 atom stereocenters. The molecule has 0 N–H and O–H groups in total. The maximum atomic E-state index is 4.40. The minimum atomic E-state index is 0.889. The van der Waals surface area contributed by atoms with Gasteiger partial charge in [0, 0.05) is 47.3 Å². The molecule has 0 aliphatic rings. The number of benzene rings is 2. The summed E-state index contributed by atoms with van der Waals surface area (Å²) in [6, 6.07) is 16.4. The summed E-state index contributed by atoms with van der Waals surface area (Å²) in [6.07, 6.45) is 10.9. The van der Waals surface area contributed by atoms with Crippen molar-refractivity contribution in [1.82, 2.24) is 29.3 Å². The molecule has 130 valence electrons.